The molecule has 2 rings (SSSR count). The van der Waals surface area contributed by atoms with Crippen LogP contribution in [0.15, 0.2) is 24.4 Å². The molecular weight excluding hydrogens is 182 g/mol. The molecule has 0 saturated heterocycles. The van der Waals surface area contributed by atoms with E-state index >= 15 is 0 Å². The van der Waals surface area contributed by atoms with Crippen LogP contribution in [0.1, 0.15) is 45.4 Å². The van der Waals surface area contributed by atoms with E-state index in [2.05, 4.69) is 25.2 Å². The lowest BCUT2D eigenvalue weighted by Crippen LogP contribution is -2.34. The first-order chi connectivity index (χ1) is 7.29. The molecule has 1 fully saturated rings. The molecule has 1 nitrogen and oxygen atoms in total. The summed E-state index contributed by atoms with van der Waals surface area (Å²) >= 11 is 0. The van der Waals surface area contributed by atoms with Gasteiger partial charge in [-0.05, 0) is 43.7 Å². The topological polar surface area (TPSA) is 26.0 Å². The molecule has 2 aliphatic rings. The van der Waals surface area contributed by atoms with Gasteiger partial charge >= 0.3 is 0 Å². The van der Waals surface area contributed by atoms with Crippen molar-refractivity contribution in [3.05, 3.63) is 24.4 Å². The number of allylic oxidation sites excluding steroid dienone is 3. The fourth-order valence-corrected chi connectivity index (χ4v) is 3.53. The normalized spacial score (nSPS) is 37.8. The van der Waals surface area contributed by atoms with Gasteiger partial charge in [0.25, 0.3) is 0 Å². The van der Waals surface area contributed by atoms with E-state index in [1.54, 1.807) is 6.20 Å². The van der Waals surface area contributed by atoms with Gasteiger partial charge in [-0.3, -0.25) is 0 Å². The van der Waals surface area contributed by atoms with Gasteiger partial charge < -0.3 is 5.73 Å². The molecule has 0 heterocycles. The van der Waals surface area contributed by atoms with Crippen LogP contribution in [-0.2, 0) is 0 Å². The molecule has 0 aromatic rings. The van der Waals surface area contributed by atoms with Gasteiger partial charge in [0.05, 0.1) is 0 Å². The first-order valence-corrected chi connectivity index (χ1v) is 6.37. The van der Waals surface area contributed by atoms with E-state index in [0.717, 1.165) is 11.8 Å². The number of hydrogen-bond donors (Lipinski definition) is 1. The Kier molecular flexibility index (Phi) is 3.18. The van der Waals surface area contributed by atoms with Gasteiger partial charge in [0, 0.05) is 5.41 Å². The van der Waals surface area contributed by atoms with E-state index in [9.17, 15) is 0 Å². The summed E-state index contributed by atoms with van der Waals surface area (Å²) in [5, 5.41) is 0. The summed E-state index contributed by atoms with van der Waals surface area (Å²) in [7, 11) is 0. The van der Waals surface area contributed by atoms with Gasteiger partial charge in [0.1, 0.15) is 0 Å². The number of rotatable bonds is 2. The monoisotopic (exact) mass is 205 g/mol. The Morgan fingerprint density at radius 1 is 1.27 bits per heavy atom. The molecule has 0 spiro atoms. The second kappa shape index (κ2) is 4.42. The van der Waals surface area contributed by atoms with Crippen LogP contribution in [0.4, 0.5) is 0 Å². The molecular formula is C14H23N. The summed E-state index contributed by atoms with van der Waals surface area (Å²) in [4.78, 5) is 0. The average molecular weight is 205 g/mol. The third-order valence-electron chi connectivity index (χ3n) is 4.47. The predicted molar refractivity (Wildman–Crippen MR) is 65.3 cm³/mol. The molecule has 2 N–H and O–H groups in total. The Bertz CT molecular complexity index is 261. The van der Waals surface area contributed by atoms with Crippen molar-refractivity contribution >= 4 is 0 Å². The van der Waals surface area contributed by atoms with E-state index in [1.807, 2.05) is 0 Å². The zero-order chi connectivity index (χ0) is 10.7. The van der Waals surface area contributed by atoms with Crippen LogP contribution in [0.2, 0.25) is 0 Å². The van der Waals surface area contributed by atoms with Crippen LogP contribution < -0.4 is 5.73 Å². The van der Waals surface area contributed by atoms with Crippen LogP contribution >= 0.6 is 0 Å². The van der Waals surface area contributed by atoms with E-state index in [0.29, 0.717) is 0 Å². The fourth-order valence-electron chi connectivity index (χ4n) is 3.53. The van der Waals surface area contributed by atoms with Crippen molar-refractivity contribution in [2.24, 2.45) is 23.0 Å². The van der Waals surface area contributed by atoms with Crippen molar-refractivity contribution in [2.75, 3.05) is 0 Å². The standard InChI is InChI=1S/C14H23N/c1-12-6-4-5-9-14(12,10-11-15)13-7-2-3-8-13/h5,9-13H,2-4,6-8,15H2,1H3/b11-10-. The highest BCUT2D eigenvalue weighted by Crippen LogP contribution is 2.50. The largest absolute Gasteiger partial charge is 0.405 e. The van der Waals surface area contributed by atoms with Gasteiger partial charge in [0.2, 0.25) is 0 Å². The van der Waals surface area contributed by atoms with Gasteiger partial charge in [-0.2, -0.15) is 0 Å². The van der Waals surface area contributed by atoms with Crippen molar-refractivity contribution in [1.82, 2.24) is 0 Å². The minimum absolute atomic E-state index is 0.281. The third-order valence-corrected chi connectivity index (χ3v) is 4.47. The summed E-state index contributed by atoms with van der Waals surface area (Å²) < 4.78 is 0. The lowest BCUT2D eigenvalue weighted by Gasteiger charge is -2.41. The Hall–Kier alpha value is -0.720. The maximum absolute atomic E-state index is 5.66. The zero-order valence-corrected chi connectivity index (χ0v) is 9.78. The summed E-state index contributed by atoms with van der Waals surface area (Å²) in [6, 6.07) is 0. The minimum Gasteiger partial charge on any atom is -0.405 e. The van der Waals surface area contributed by atoms with Crippen molar-refractivity contribution in [2.45, 2.75) is 45.4 Å². The molecule has 2 unspecified atom stereocenters. The van der Waals surface area contributed by atoms with Crippen LogP contribution in [0, 0.1) is 17.3 Å². The molecule has 0 aromatic heterocycles. The molecule has 15 heavy (non-hydrogen) atoms. The minimum atomic E-state index is 0.281. The molecule has 0 aromatic carbocycles. The maximum atomic E-state index is 5.66. The Balaban J connectivity index is 2.28. The summed E-state index contributed by atoms with van der Waals surface area (Å²) in [5.41, 5.74) is 5.94. The SMILES string of the molecule is CC1CCC=CC1(/C=C\N)C1CCCC1. The second-order valence-electron chi connectivity index (χ2n) is 5.22. The lowest BCUT2D eigenvalue weighted by atomic mass is 9.63. The zero-order valence-electron chi connectivity index (χ0n) is 9.78. The summed E-state index contributed by atoms with van der Waals surface area (Å²) in [5.74, 6) is 1.59. The van der Waals surface area contributed by atoms with Gasteiger partial charge in [0.15, 0.2) is 0 Å². The van der Waals surface area contributed by atoms with Crippen molar-refractivity contribution in [3.8, 4) is 0 Å². The average Bonchev–Trinajstić information content (AvgIpc) is 2.75. The first kappa shape index (κ1) is 10.8. The summed E-state index contributed by atoms with van der Waals surface area (Å²) in [6.45, 7) is 2.39. The number of hydrogen-bond acceptors (Lipinski definition) is 1. The van der Waals surface area contributed by atoms with Crippen molar-refractivity contribution in [1.29, 1.82) is 0 Å². The first-order valence-electron chi connectivity index (χ1n) is 6.37. The third kappa shape index (κ3) is 1.84. The smallest absolute Gasteiger partial charge is 0.0132 e. The highest BCUT2D eigenvalue weighted by molar-refractivity contribution is 5.18. The van der Waals surface area contributed by atoms with Crippen LogP contribution in [0.25, 0.3) is 0 Å². The molecule has 0 aliphatic heterocycles. The van der Waals surface area contributed by atoms with Crippen LogP contribution in [-0.4, -0.2) is 0 Å². The lowest BCUT2D eigenvalue weighted by molar-refractivity contribution is 0.186. The molecule has 2 aliphatic carbocycles. The molecule has 0 radical (unpaired) electrons. The Morgan fingerprint density at radius 3 is 2.60 bits per heavy atom. The van der Waals surface area contributed by atoms with E-state index in [-0.39, 0.29) is 5.41 Å². The van der Waals surface area contributed by atoms with E-state index in [4.69, 9.17) is 5.73 Å². The molecule has 0 amide bonds. The Labute approximate surface area is 93.4 Å². The van der Waals surface area contributed by atoms with Crippen LogP contribution in [0.3, 0.4) is 0 Å². The highest BCUT2D eigenvalue weighted by Gasteiger charge is 2.41. The second-order valence-corrected chi connectivity index (χ2v) is 5.22. The van der Waals surface area contributed by atoms with Crippen LogP contribution in [0.5, 0.6) is 0 Å². The van der Waals surface area contributed by atoms with Crippen molar-refractivity contribution in [3.63, 3.8) is 0 Å². The van der Waals surface area contributed by atoms with Gasteiger partial charge in [-0.25, -0.2) is 0 Å². The highest BCUT2D eigenvalue weighted by atomic mass is 14.5. The fraction of sp³-hybridized carbons (Fsp3) is 0.714. The quantitative estimate of drug-likeness (QED) is 0.685. The van der Waals surface area contributed by atoms with Crippen molar-refractivity contribution < 1.29 is 0 Å². The van der Waals surface area contributed by atoms with Gasteiger partial charge in [-0.15, -0.1) is 0 Å². The number of nitrogens with two attached hydrogens (primary N) is 1. The van der Waals surface area contributed by atoms with Gasteiger partial charge in [-0.1, -0.05) is 38.0 Å². The predicted octanol–water partition coefficient (Wildman–Crippen LogP) is 3.62. The molecule has 1 heteroatoms. The van der Waals surface area contributed by atoms with E-state index in [1.165, 1.54) is 38.5 Å². The molecule has 0 bridgehead atoms. The molecule has 1 saturated carbocycles. The maximum Gasteiger partial charge on any atom is 0.0132 e. The molecule has 84 valence electrons. The van der Waals surface area contributed by atoms with E-state index < -0.39 is 0 Å². The Morgan fingerprint density at radius 2 is 2.00 bits per heavy atom. The summed E-state index contributed by atoms with van der Waals surface area (Å²) in [6.07, 6.45) is 17.0. The molecule has 2 atom stereocenters.